The van der Waals surface area contributed by atoms with Crippen molar-refractivity contribution in [2.45, 2.75) is 33.2 Å². The van der Waals surface area contributed by atoms with Gasteiger partial charge in [0.1, 0.15) is 0 Å². The number of ether oxygens (including phenoxy) is 1. The second-order valence-corrected chi connectivity index (χ2v) is 7.32. The minimum absolute atomic E-state index is 0.0305. The number of nitrogens with zero attached hydrogens (tertiary/aromatic N) is 1. The minimum Gasteiger partial charge on any atom is -0.455 e. The van der Waals surface area contributed by atoms with Crippen LogP contribution in [0, 0.1) is 11.8 Å². The molecule has 0 heterocycles. The Bertz CT molecular complexity index is 787. The summed E-state index contributed by atoms with van der Waals surface area (Å²) in [6, 6.07) is 18.1. The van der Waals surface area contributed by atoms with Crippen LogP contribution in [-0.4, -0.2) is 24.5 Å². The number of amides is 1. The standard InChI is InChI=1S/C22H26N2O3/c1-15(2)24(18-7-5-4-6-8-18)19-11-9-17(10-12-19)23-21(25)14-27-22(26)20-13-16(20)3/h4-12,15-16,20H,13-14H2,1-3H3,(H,23,25)/t16-,20+/m1/s1. The highest BCUT2D eigenvalue weighted by molar-refractivity contribution is 5.93. The summed E-state index contributed by atoms with van der Waals surface area (Å²) in [4.78, 5) is 25.9. The molecule has 0 spiro atoms. The van der Waals surface area contributed by atoms with Crippen molar-refractivity contribution in [1.29, 1.82) is 0 Å². The Hall–Kier alpha value is -2.82. The van der Waals surface area contributed by atoms with Crippen LogP contribution in [-0.2, 0) is 14.3 Å². The summed E-state index contributed by atoms with van der Waals surface area (Å²) in [5.74, 6) is -0.254. The molecule has 2 aromatic carbocycles. The van der Waals surface area contributed by atoms with Crippen molar-refractivity contribution < 1.29 is 14.3 Å². The molecule has 0 bridgehead atoms. The molecule has 5 heteroatoms. The van der Waals surface area contributed by atoms with Gasteiger partial charge in [0.05, 0.1) is 5.92 Å². The summed E-state index contributed by atoms with van der Waals surface area (Å²) in [5, 5.41) is 2.77. The molecule has 1 aliphatic rings. The van der Waals surface area contributed by atoms with Crippen LogP contribution in [0.15, 0.2) is 54.6 Å². The van der Waals surface area contributed by atoms with Crippen molar-refractivity contribution in [3.63, 3.8) is 0 Å². The minimum atomic E-state index is -0.326. The first-order chi connectivity index (χ1) is 13.0. The van der Waals surface area contributed by atoms with Gasteiger partial charge in [-0.15, -0.1) is 0 Å². The molecule has 1 N–H and O–H groups in total. The first-order valence-corrected chi connectivity index (χ1v) is 9.36. The molecule has 1 amide bonds. The Morgan fingerprint density at radius 3 is 2.22 bits per heavy atom. The lowest BCUT2D eigenvalue weighted by molar-refractivity contribution is -0.148. The number of carbonyl (C=O) groups excluding carboxylic acids is 2. The zero-order chi connectivity index (χ0) is 19.4. The number of hydrogen-bond acceptors (Lipinski definition) is 4. The molecule has 0 saturated heterocycles. The molecule has 0 unspecified atom stereocenters. The number of hydrogen-bond donors (Lipinski definition) is 1. The van der Waals surface area contributed by atoms with Crippen LogP contribution in [0.3, 0.4) is 0 Å². The van der Waals surface area contributed by atoms with Crippen LogP contribution < -0.4 is 10.2 Å². The van der Waals surface area contributed by atoms with E-state index in [2.05, 4.69) is 36.2 Å². The molecular formula is C22H26N2O3. The Morgan fingerprint density at radius 2 is 1.67 bits per heavy atom. The average Bonchev–Trinajstić information content (AvgIpc) is 3.39. The number of anilines is 3. The molecule has 0 aliphatic heterocycles. The van der Waals surface area contributed by atoms with E-state index < -0.39 is 0 Å². The summed E-state index contributed by atoms with van der Waals surface area (Å²) in [5.41, 5.74) is 2.84. The number of benzene rings is 2. The van der Waals surface area contributed by atoms with Crippen molar-refractivity contribution in [3.05, 3.63) is 54.6 Å². The molecule has 142 valence electrons. The fraction of sp³-hybridized carbons (Fsp3) is 0.364. The van der Waals surface area contributed by atoms with Gasteiger partial charge in [0.15, 0.2) is 6.61 Å². The van der Waals surface area contributed by atoms with Gasteiger partial charge in [-0.05, 0) is 62.6 Å². The fourth-order valence-corrected chi connectivity index (χ4v) is 3.13. The normalized spacial score (nSPS) is 18.1. The molecule has 0 radical (unpaired) electrons. The van der Waals surface area contributed by atoms with Gasteiger partial charge in [-0.1, -0.05) is 25.1 Å². The molecule has 2 aromatic rings. The van der Waals surface area contributed by atoms with E-state index >= 15 is 0 Å². The highest BCUT2D eigenvalue weighted by Crippen LogP contribution is 2.38. The second kappa shape index (κ2) is 8.25. The van der Waals surface area contributed by atoms with E-state index in [-0.39, 0.29) is 30.4 Å². The average molecular weight is 366 g/mol. The maximum absolute atomic E-state index is 12.0. The van der Waals surface area contributed by atoms with Gasteiger partial charge in [0.25, 0.3) is 5.91 Å². The van der Waals surface area contributed by atoms with Crippen LogP contribution in [0.25, 0.3) is 0 Å². The van der Waals surface area contributed by atoms with E-state index in [1.807, 2.05) is 49.4 Å². The van der Waals surface area contributed by atoms with Gasteiger partial charge < -0.3 is 15.0 Å². The van der Waals surface area contributed by atoms with Crippen molar-refractivity contribution in [1.82, 2.24) is 0 Å². The molecular weight excluding hydrogens is 340 g/mol. The second-order valence-electron chi connectivity index (χ2n) is 7.32. The smallest absolute Gasteiger partial charge is 0.309 e. The molecule has 2 atom stereocenters. The summed E-state index contributed by atoms with van der Waals surface area (Å²) in [6.07, 6.45) is 0.857. The van der Waals surface area contributed by atoms with Crippen LogP contribution >= 0.6 is 0 Å². The van der Waals surface area contributed by atoms with Crippen LogP contribution in [0.4, 0.5) is 17.1 Å². The lowest BCUT2D eigenvalue weighted by Gasteiger charge is -2.29. The van der Waals surface area contributed by atoms with Gasteiger partial charge in [-0.2, -0.15) is 0 Å². The van der Waals surface area contributed by atoms with E-state index in [1.54, 1.807) is 0 Å². The summed E-state index contributed by atoms with van der Waals surface area (Å²) in [7, 11) is 0. The largest absolute Gasteiger partial charge is 0.455 e. The van der Waals surface area contributed by atoms with Gasteiger partial charge in [-0.3, -0.25) is 9.59 Å². The molecule has 3 rings (SSSR count). The topological polar surface area (TPSA) is 58.6 Å². The molecule has 1 fully saturated rings. The predicted octanol–water partition coefficient (Wildman–Crippen LogP) is 4.37. The molecule has 0 aromatic heterocycles. The van der Waals surface area contributed by atoms with Crippen LogP contribution in [0.1, 0.15) is 27.2 Å². The Labute approximate surface area is 160 Å². The first-order valence-electron chi connectivity index (χ1n) is 9.36. The summed E-state index contributed by atoms with van der Waals surface area (Å²) < 4.78 is 5.06. The van der Waals surface area contributed by atoms with Crippen molar-refractivity contribution in [3.8, 4) is 0 Å². The third kappa shape index (κ3) is 4.88. The Kier molecular flexibility index (Phi) is 5.79. The predicted molar refractivity (Wildman–Crippen MR) is 107 cm³/mol. The molecule has 5 nitrogen and oxygen atoms in total. The Morgan fingerprint density at radius 1 is 1.07 bits per heavy atom. The van der Waals surface area contributed by atoms with E-state index in [1.165, 1.54) is 0 Å². The van der Waals surface area contributed by atoms with Crippen LogP contribution in [0.5, 0.6) is 0 Å². The highest BCUT2D eigenvalue weighted by Gasteiger charge is 2.40. The Balaban J connectivity index is 1.59. The summed E-state index contributed by atoms with van der Waals surface area (Å²) in [6.45, 7) is 6.03. The SMILES string of the molecule is CC(C)N(c1ccccc1)c1ccc(NC(=O)COC(=O)[C@H]2C[C@H]2C)cc1. The zero-order valence-electron chi connectivity index (χ0n) is 16.0. The van der Waals surface area contributed by atoms with Gasteiger partial charge in [0.2, 0.25) is 0 Å². The van der Waals surface area contributed by atoms with Crippen LogP contribution in [0.2, 0.25) is 0 Å². The number of rotatable bonds is 7. The van der Waals surface area contributed by atoms with Crippen molar-refractivity contribution in [2.24, 2.45) is 11.8 Å². The lowest BCUT2D eigenvalue weighted by Crippen LogP contribution is -2.25. The van der Waals surface area contributed by atoms with Gasteiger partial charge in [0, 0.05) is 23.1 Å². The maximum Gasteiger partial charge on any atom is 0.309 e. The number of para-hydroxylation sites is 1. The van der Waals surface area contributed by atoms with Gasteiger partial charge >= 0.3 is 5.97 Å². The number of esters is 1. The number of carbonyl (C=O) groups is 2. The van der Waals surface area contributed by atoms with E-state index in [0.717, 1.165) is 17.8 Å². The van der Waals surface area contributed by atoms with Crippen molar-refractivity contribution in [2.75, 3.05) is 16.8 Å². The lowest BCUT2D eigenvalue weighted by atomic mass is 10.2. The van der Waals surface area contributed by atoms with E-state index in [4.69, 9.17) is 4.74 Å². The third-order valence-corrected chi connectivity index (χ3v) is 4.74. The quantitative estimate of drug-likeness (QED) is 0.739. The summed E-state index contributed by atoms with van der Waals surface area (Å²) >= 11 is 0. The molecule has 1 aliphatic carbocycles. The third-order valence-electron chi connectivity index (χ3n) is 4.74. The first kappa shape index (κ1) is 19.0. The zero-order valence-corrected chi connectivity index (χ0v) is 16.0. The van der Waals surface area contributed by atoms with E-state index in [9.17, 15) is 9.59 Å². The monoisotopic (exact) mass is 366 g/mol. The number of nitrogens with one attached hydrogen (secondary N) is 1. The van der Waals surface area contributed by atoms with Gasteiger partial charge in [-0.25, -0.2) is 0 Å². The fourth-order valence-electron chi connectivity index (χ4n) is 3.13. The maximum atomic E-state index is 12.0. The molecule has 27 heavy (non-hydrogen) atoms. The van der Waals surface area contributed by atoms with E-state index in [0.29, 0.717) is 11.6 Å². The molecule has 1 saturated carbocycles. The van der Waals surface area contributed by atoms with Crippen molar-refractivity contribution >= 4 is 28.9 Å². The highest BCUT2D eigenvalue weighted by atomic mass is 16.5.